The van der Waals surface area contributed by atoms with E-state index in [2.05, 4.69) is 23.4 Å². The summed E-state index contributed by atoms with van der Waals surface area (Å²) < 4.78 is 5.53. The lowest BCUT2D eigenvalue weighted by Crippen LogP contribution is -2.33. The van der Waals surface area contributed by atoms with Crippen molar-refractivity contribution in [1.29, 1.82) is 0 Å². The molecule has 2 N–H and O–H groups in total. The molecule has 1 aromatic heterocycles. The van der Waals surface area contributed by atoms with Crippen molar-refractivity contribution in [2.75, 3.05) is 30.5 Å². The fourth-order valence-electron chi connectivity index (χ4n) is 1.46. The van der Waals surface area contributed by atoms with Crippen LogP contribution >= 0.6 is 11.8 Å². The normalized spacial score (nSPS) is 12.8. The molecule has 92 valence electrons. The lowest BCUT2D eigenvalue weighted by molar-refractivity contribution is 0.476. The number of hydrogen-bond acceptors (Lipinski definition) is 6. The number of thioether (sulfide) groups is 1. The fourth-order valence-corrected chi connectivity index (χ4v) is 2.31. The highest BCUT2D eigenvalue weighted by molar-refractivity contribution is 7.98. The van der Waals surface area contributed by atoms with Crippen molar-refractivity contribution in [2.24, 2.45) is 5.73 Å². The van der Waals surface area contributed by atoms with Crippen molar-refractivity contribution in [3.63, 3.8) is 0 Å². The molecule has 0 aliphatic carbocycles. The van der Waals surface area contributed by atoms with Gasteiger partial charge in [0.1, 0.15) is 0 Å². The summed E-state index contributed by atoms with van der Waals surface area (Å²) in [6.07, 6.45) is 3.80. The van der Waals surface area contributed by atoms with Crippen LogP contribution in [-0.2, 0) is 6.42 Å². The molecule has 0 amide bonds. The van der Waals surface area contributed by atoms with E-state index in [9.17, 15) is 0 Å². The largest absolute Gasteiger partial charge is 0.408 e. The van der Waals surface area contributed by atoms with Crippen LogP contribution in [0.5, 0.6) is 0 Å². The van der Waals surface area contributed by atoms with E-state index in [-0.39, 0.29) is 0 Å². The summed E-state index contributed by atoms with van der Waals surface area (Å²) in [4.78, 5) is 2.05. The molecule has 6 heteroatoms. The first-order chi connectivity index (χ1) is 7.72. The Kier molecular flexibility index (Phi) is 5.62. The Balaban J connectivity index is 2.66. The number of nitrogens with zero attached hydrogens (tertiary/aromatic N) is 3. The van der Waals surface area contributed by atoms with Crippen molar-refractivity contribution in [3.05, 3.63) is 5.89 Å². The highest BCUT2D eigenvalue weighted by Crippen LogP contribution is 2.17. The minimum atomic E-state index is 0.432. The Labute approximate surface area is 101 Å². The molecular weight excluding hydrogens is 224 g/mol. The van der Waals surface area contributed by atoms with Crippen LogP contribution in [0.15, 0.2) is 4.42 Å². The summed E-state index contributed by atoms with van der Waals surface area (Å²) in [7, 11) is 1.99. The second-order valence-corrected chi connectivity index (χ2v) is 4.56. The summed E-state index contributed by atoms with van der Waals surface area (Å²) in [5, 5.41) is 7.99. The lowest BCUT2D eigenvalue weighted by Gasteiger charge is -2.24. The molecule has 0 fully saturated rings. The molecule has 1 heterocycles. The van der Waals surface area contributed by atoms with Gasteiger partial charge < -0.3 is 15.1 Å². The van der Waals surface area contributed by atoms with Gasteiger partial charge in [0.2, 0.25) is 5.89 Å². The van der Waals surface area contributed by atoms with Crippen LogP contribution in [0, 0.1) is 0 Å². The van der Waals surface area contributed by atoms with Crippen molar-refractivity contribution in [2.45, 2.75) is 25.8 Å². The predicted octanol–water partition coefficient (Wildman–Crippen LogP) is 1.15. The minimum Gasteiger partial charge on any atom is -0.408 e. The number of anilines is 1. The van der Waals surface area contributed by atoms with Gasteiger partial charge in [0.25, 0.3) is 0 Å². The van der Waals surface area contributed by atoms with Gasteiger partial charge in [-0.25, -0.2) is 0 Å². The molecule has 0 bridgehead atoms. The SMILES string of the molecule is CCC(CSC)N(C)c1nnc(CCN)o1. The van der Waals surface area contributed by atoms with Gasteiger partial charge in [-0.2, -0.15) is 11.8 Å². The summed E-state index contributed by atoms with van der Waals surface area (Å²) >= 11 is 1.82. The molecule has 0 aliphatic rings. The zero-order valence-corrected chi connectivity index (χ0v) is 11.0. The molecule has 1 aromatic rings. The minimum absolute atomic E-state index is 0.432. The van der Waals surface area contributed by atoms with Crippen LogP contribution < -0.4 is 10.6 Å². The van der Waals surface area contributed by atoms with Crippen molar-refractivity contribution >= 4 is 17.8 Å². The van der Waals surface area contributed by atoms with Gasteiger partial charge in [-0.15, -0.1) is 5.10 Å². The standard InChI is InChI=1S/C10H20N4OS/c1-4-8(7-16-3)14(2)10-13-12-9(15-10)5-6-11/h8H,4-7,11H2,1-3H3. The van der Waals surface area contributed by atoms with Crippen molar-refractivity contribution in [1.82, 2.24) is 10.2 Å². The average Bonchev–Trinajstić information content (AvgIpc) is 2.74. The van der Waals surface area contributed by atoms with Gasteiger partial charge in [0.15, 0.2) is 0 Å². The van der Waals surface area contributed by atoms with Crippen molar-refractivity contribution < 1.29 is 4.42 Å². The maximum atomic E-state index is 5.53. The molecule has 0 aromatic carbocycles. The van der Waals surface area contributed by atoms with E-state index in [1.54, 1.807) is 0 Å². The molecule has 0 radical (unpaired) electrons. The molecule has 1 atom stereocenters. The van der Waals surface area contributed by atoms with Crippen LogP contribution in [0.1, 0.15) is 19.2 Å². The van der Waals surface area contributed by atoms with Gasteiger partial charge in [0, 0.05) is 31.8 Å². The maximum Gasteiger partial charge on any atom is 0.318 e. The highest BCUT2D eigenvalue weighted by atomic mass is 32.2. The van der Waals surface area contributed by atoms with Crippen LogP contribution in [0.25, 0.3) is 0 Å². The molecule has 5 nitrogen and oxygen atoms in total. The Morgan fingerprint density at radius 3 is 2.81 bits per heavy atom. The number of rotatable bonds is 7. The first kappa shape index (κ1) is 13.3. The molecule has 0 spiro atoms. The van der Waals surface area contributed by atoms with E-state index < -0.39 is 0 Å². The molecule has 1 rings (SSSR count). The van der Waals surface area contributed by atoms with Crippen LogP contribution in [0.2, 0.25) is 0 Å². The van der Waals surface area contributed by atoms with E-state index >= 15 is 0 Å². The zero-order valence-electron chi connectivity index (χ0n) is 10.1. The third kappa shape index (κ3) is 3.38. The monoisotopic (exact) mass is 244 g/mol. The maximum absolute atomic E-state index is 5.53. The number of nitrogens with two attached hydrogens (primary N) is 1. The number of hydrogen-bond donors (Lipinski definition) is 1. The molecule has 0 saturated heterocycles. The molecule has 0 saturated carbocycles. The molecule has 0 aliphatic heterocycles. The van der Waals surface area contributed by atoms with E-state index in [0.29, 0.717) is 30.9 Å². The Bertz CT molecular complexity index is 305. The lowest BCUT2D eigenvalue weighted by atomic mass is 10.2. The summed E-state index contributed by atoms with van der Waals surface area (Å²) in [6, 6.07) is 1.02. The summed E-state index contributed by atoms with van der Waals surface area (Å²) in [5.41, 5.74) is 5.43. The summed E-state index contributed by atoms with van der Waals surface area (Å²) in [5.74, 6) is 1.67. The first-order valence-electron chi connectivity index (χ1n) is 5.47. The third-order valence-corrected chi connectivity index (χ3v) is 3.21. The molecular formula is C10H20N4OS. The van der Waals surface area contributed by atoms with Crippen LogP contribution in [0.4, 0.5) is 6.01 Å². The topological polar surface area (TPSA) is 68.2 Å². The van der Waals surface area contributed by atoms with Gasteiger partial charge in [0.05, 0.1) is 0 Å². The highest BCUT2D eigenvalue weighted by Gasteiger charge is 2.17. The predicted molar refractivity (Wildman–Crippen MR) is 67.9 cm³/mol. The van der Waals surface area contributed by atoms with Gasteiger partial charge in [-0.3, -0.25) is 0 Å². The van der Waals surface area contributed by atoms with Crippen LogP contribution in [-0.4, -0.2) is 41.8 Å². The smallest absolute Gasteiger partial charge is 0.318 e. The molecule has 1 unspecified atom stereocenters. The fraction of sp³-hybridized carbons (Fsp3) is 0.800. The second kappa shape index (κ2) is 6.75. The van der Waals surface area contributed by atoms with Gasteiger partial charge >= 0.3 is 6.01 Å². The average molecular weight is 244 g/mol. The quantitative estimate of drug-likeness (QED) is 0.776. The van der Waals surface area contributed by atoms with Gasteiger partial charge in [-0.05, 0) is 12.7 Å². The van der Waals surface area contributed by atoms with Crippen molar-refractivity contribution in [3.8, 4) is 0 Å². The van der Waals surface area contributed by atoms with Gasteiger partial charge in [-0.1, -0.05) is 12.0 Å². The van der Waals surface area contributed by atoms with Crippen LogP contribution in [0.3, 0.4) is 0 Å². The van der Waals surface area contributed by atoms with E-state index in [0.717, 1.165) is 12.2 Å². The Morgan fingerprint density at radius 1 is 1.50 bits per heavy atom. The molecule has 16 heavy (non-hydrogen) atoms. The number of aromatic nitrogens is 2. The third-order valence-electron chi connectivity index (χ3n) is 2.49. The van der Waals surface area contributed by atoms with E-state index in [1.807, 2.05) is 23.7 Å². The zero-order chi connectivity index (χ0) is 12.0. The Morgan fingerprint density at radius 2 is 2.25 bits per heavy atom. The first-order valence-corrected chi connectivity index (χ1v) is 6.86. The Hall–Kier alpha value is -0.750. The van der Waals surface area contributed by atoms with E-state index in [4.69, 9.17) is 10.2 Å². The second-order valence-electron chi connectivity index (χ2n) is 3.65. The summed E-state index contributed by atoms with van der Waals surface area (Å²) in [6.45, 7) is 2.70. The van der Waals surface area contributed by atoms with E-state index in [1.165, 1.54) is 0 Å².